The maximum absolute atomic E-state index is 13.1. The van der Waals surface area contributed by atoms with E-state index in [2.05, 4.69) is 24.9 Å². The van der Waals surface area contributed by atoms with E-state index in [-0.39, 0.29) is 29.9 Å². The van der Waals surface area contributed by atoms with Gasteiger partial charge < -0.3 is 10.1 Å². The number of hydrogen-bond donors (Lipinski definition) is 1. The van der Waals surface area contributed by atoms with E-state index in [1.807, 2.05) is 55.5 Å². The fourth-order valence-electron chi connectivity index (χ4n) is 4.76. The molecule has 1 N–H and O–H groups in total. The number of methoxy groups -OCH3 is 1. The van der Waals surface area contributed by atoms with Gasteiger partial charge in [-0.25, -0.2) is 0 Å². The zero-order valence-electron chi connectivity index (χ0n) is 18.4. The van der Waals surface area contributed by atoms with Crippen molar-refractivity contribution in [2.45, 2.75) is 51.2 Å². The van der Waals surface area contributed by atoms with Crippen LogP contribution in [-0.2, 0) is 9.53 Å². The highest BCUT2D eigenvalue weighted by molar-refractivity contribution is 6.30. The Balaban J connectivity index is 1.89. The number of benzene rings is 2. The second-order valence-corrected chi connectivity index (χ2v) is 9.78. The molecule has 3 nitrogen and oxygen atoms in total. The summed E-state index contributed by atoms with van der Waals surface area (Å²) in [6.07, 6.45) is 3.92. The molecule has 3 rings (SSSR count). The normalized spacial score (nSPS) is 25.5. The van der Waals surface area contributed by atoms with Crippen LogP contribution in [0.5, 0.6) is 0 Å². The fourth-order valence-corrected chi connectivity index (χ4v) is 5.08. The summed E-state index contributed by atoms with van der Waals surface area (Å²) in [6.45, 7) is 8.07. The third-order valence-corrected chi connectivity index (χ3v) is 7.03. The van der Waals surface area contributed by atoms with Gasteiger partial charge in [0, 0.05) is 29.1 Å². The van der Waals surface area contributed by atoms with Crippen LogP contribution in [0, 0.1) is 11.3 Å². The Morgan fingerprint density at radius 2 is 1.94 bits per heavy atom. The minimum absolute atomic E-state index is 0.0196. The highest BCUT2D eigenvalue weighted by Gasteiger charge is 2.45. The predicted molar refractivity (Wildman–Crippen MR) is 129 cm³/mol. The second kappa shape index (κ2) is 10.2. The molecule has 5 heteroatoms. The van der Waals surface area contributed by atoms with Crippen molar-refractivity contribution in [2.24, 2.45) is 11.3 Å². The maximum atomic E-state index is 13.1. The smallest absolute Gasteiger partial charge is 0.226 e. The SMILES string of the molecule is C=CC[C@@]1(C)C[C@H](c2cccc(Cl)c2)[C@H](C(C)C[C@H](OC)c2ccc(Cl)cc2)NC1=O. The van der Waals surface area contributed by atoms with Crippen LogP contribution in [0.1, 0.15) is 56.3 Å². The van der Waals surface area contributed by atoms with Crippen molar-refractivity contribution in [3.05, 3.63) is 82.4 Å². The van der Waals surface area contributed by atoms with E-state index in [0.29, 0.717) is 16.5 Å². The number of amides is 1. The van der Waals surface area contributed by atoms with E-state index in [1.54, 1.807) is 7.11 Å². The zero-order chi connectivity index (χ0) is 22.6. The zero-order valence-corrected chi connectivity index (χ0v) is 19.9. The summed E-state index contributed by atoms with van der Waals surface area (Å²) in [7, 11) is 1.72. The Labute approximate surface area is 195 Å². The molecule has 0 radical (unpaired) electrons. The molecule has 1 aliphatic heterocycles. The van der Waals surface area contributed by atoms with Gasteiger partial charge in [-0.05, 0) is 60.6 Å². The third-order valence-electron chi connectivity index (χ3n) is 6.55. The number of rotatable bonds is 8. The van der Waals surface area contributed by atoms with Gasteiger partial charge in [0.25, 0.3) is 0 Å². The number of hydrogen-bond acceptors (Lipinski definition) is 2. The summed E-state index contributed by atoms with van der Waals surface area (Å²) in [4.78, 5) is 13.1. The molecule has 1 aliphatic rings. The summed E-state index contributed by atoms with van der Waals surface area (Å²) in [5, 5.41) is 4.76. The molecule has 0 aliphatic carbocycles. The highest BCUT2D eigenvalue weighted by Crippen LogP contribution is 2.44. The van der Waals surface area contributed by atoms with Crippen LogP contribution in [-0.4, -0.2) is 19.1 Å². The lowest BCUT2D eigenvalue weighted by atomic mass is 9.67. The topological polar surface area (TPSA) is 38.3 Å². The van der Waals surface area contributed by atoms with Gasteiger partial charge in [0.2, 0.25) is 5.91 Å². The first-order valence-corrected chi connectivity index (χ1v) is 11.5. The molecule has 2 aromatic rings. The lowest BCUT2D eigenvalue weighted by Crippen LogP contribution is -2.55. The van der Waals surface area contributed by atoms with E-state index in [1.165, 1.54) is 0 Å². The standard InChI is InChI=1S/C26H31Cl2NO2/c1-5-13-26(3)16-22(19-7-6-8-21(28)15-19)24(29-25(26)30)17(2)14-23(31-4)18-9-11-20(27)12-10-18/h5-12,15,17,22-24H,1,13-14,16H2,2-4H3,(H,29,30)/t17?,22-,23+,24+,26+/m1/s1. The lowest BCUT2D eigenvalue weighted by molar-refractivity contribution is -0.135. The molecule has 1 fully saturated rings. The van der Waals surface area contributed by atoms with Crippen molar-refractivity contribution in [2.75, 3.05) is 7.11 Å². The average Bonchev–Trinajstić information content (AvgIpc) is 2.74. The van der Waals surface area contributed by atoms with E-state index >= 15 is 0 Å². The van der Waals surface area contributed by atoms with Gasteiger partial charge in [-0.1, -0.05) is 67.4 Å². The van der Waals surface area contributed by atoms with Crippen molar-refractivity contribution < 1.29 is 9.53 Å². The Morgan fingerprint density at radius 1 is 1.23 bits per heavy atom. The summed E-state index contributed by atoms with van der Waals surface area (Å²) in [5.41, 5.74) is 1.75. The van der Waals surface area contributed by atoms with Crippen LogP contribution in [0.2, 0.25) is 10.0 Å². The Hall–Kier alpha value is -1.81. The van der Waals surface area contributed by atoms with E-state index < -0.39 is 5.41 Å². The molecule has 0 saturated carbocycles. The van der Waals surface area contributed by atoms with Crippen LogP contribution < -0.4 is 5.32 Å². The van der Waals surface area contributed by atoms with Crippen LogP contribution >= 0.6 is 23.2 Å². The molecule has 1 amide bonds. The highest BCUT2D eigenvalue weighted by atomic mass is 35.5. The Kier molecular flexibility index (Phi) is 7.85. The number of carbonyl (C=O) groups is 1. The van der Waals surface area contributed by atoms with Gasteiger partial charge >= 0.3 is 0 Å². The molecule has 0 spiro atoms. The fraction of sp³-hybridized carbons (Fsp3) is 0.423. The van der Waals surface area contributed by atoms with E-state index in [0.717, 1.165) is 24.0 Å². The first-order chi connectivity index (χ1) is 14.8. The summed E-state index contributed by atoms with van der Waals surface area (Å²) < 4.78 is 5.81. The Bertz CT molecular complexity index is 914. The quantitative estimate of drug-likeness (QED) is 0.433. The predicted octanol–water partition coefficient (Wildman–Crippen LogP) is 6.96. The van der Waals surface area contributed by atoms with Crippen LogP contribution in [0.15, 0.2) is 61.2 Å². The van der Waals surface area contributed by atoms with Gasteiger partial charge in [0.15, 0.2) is 0 Å². The summed E-state index contributed by atoms with van der Waals surface area (Å²) in [5.74, 6) is 0.420. The van der Waals surface area contributed by atoms with Crippen molar-refractivity contribution >= 4 is 29.1 Å². The summed E-state index contributed by atoms with van der Waals surface area (Å²) in [6, 6.07) is 15.7. The third kappa shape index (κ3) is 5.52. The first kappa shape index (κ1) is 23.8. The number of carbonyl (C=O) groups excluding carboxylic acids is 1. The molecule has 1 heterocycles. The molecule has 1 saturated heterocycles. The minimum Gasteiger partial charge on any atom is -0.377 e. The average molecular weight is 460 g/mol. The van der Waals surface area contributed by atoms with Gasteiger partial charge in [-0.2, -0.15) is 0 Å². The van der Waals surface area contributed by atoms with Crippen molar-refractivity contribution in [3.8, 4) is 0 Å². The molecule has 0 bridgehead atoms. The molecular formula is C26H31Cl2NO2. The van der Waals surface area contributed by atoms with Crippen molar-refractivity contribution in [3.63, 3.8) is 0 Å². The van der Waals surface area contributed by atoms with Gasteiger partial charge in [-0.15, -0.1) is 6.58 Å². The molecule has 5 atom stereocenters. The molecular weight excluding hydrogens is 429 g/mol. The lowest BCUT2D eigenvalue weighted by Gasteiger charge is -2.45. The largest absolute Gasteiger partial charge is 0.377 e. The van der Waals surface area contributed by atoms with Gasteiger partial charge in [0.05, 0.1) is 11.5 Å². The number of allylic oxidation sites excluding steroid dienone is 1. The monoisotopic (exact) mass is 459 g/mol. The molecule has 0 aromatic heterocycles. The minimum atomic E-state index is -0.484. The van der Waals surface area contributed by atoms with E-state index in [9.17, 15) is 4.79 Å². The van der Waals surface area contributed by atoms with Crippen molar-refractivity contribution in [1.82, 2.24) is 5.32 Å². The number of piperidine rings is 1. The van der Waals surface area contributed by atoms with Crippen LogP contribution in [0.25, 0.3) is 0 Å². The molecule has 166 valence electrons. The maximum Gasteiger partial charge on any atom is 0.226 e. The number of nitrogens with one attached hydrogen (secondary N) is 1. The van der Waals surface area contributed by atoms with Crippen molar-refractivity contribution in [1.29, 1.82) is 0 Å². The molecule has 2 aromatic carbocycles. The van der Waals surface area contributed by atoms with Gasteiger partial charge in [0.1, 0.15) is 0 Å². The van der Waals surface area contributed by atoms with Gasteiger partial charge in [-0.3, -0.25) is 4.79 Å². The number of halogens is 2. The summed E-state index contributed by atoms with van der Waals surface area (Å²) >= 11 is 12.4. The number of ether oxygens (including phenoxy) is 1. The molecule has 31 heavy (non-hydrogen) atoms. The van der Waals surface area contributed by atoms with Crippen LogP contribution in [0.3, 0.4) is 0 Å². The Morgan fingerprint density at radius 3 is 2.55 bits per heavy atom. The van der Waals surface area contributed by atoms with Crippen LogP contribution in [0.4, 0.5) is 0 Å². The first-order valence-electron chi connectivity index (χ1n) is 10.7. The molecule has 1 unspecified atom stereocenters. The second-order valence-electron chi connectivity index (χ2n) is 8.91. The van der Waals surface area contributed by atoms with E-state index in [4.69, 9.17) is 27.9 Å².